The van der Waals surface area contributed by atoms with Gasteiger partial charge >= 0.3 is 6.18 Å². The predicted molar refractivity (Wildman–Crippen MR) is 101 cm³/mol. The molecule has 0 saturated carbocycles. The molecular formula is C20H27F4N3O2. The number of nitrogens with one attached hydrogen (secondary N) is 2. The highest BCUT2D eigenvalue weighted by Crippen LogP contribution is 2.31. The second-order valence-electron chi connectivity index (χ2n) is 7.25. The molecule has 2 amide bonds. The largest absolute Gasteiger partial charge is 0.416 e. The summed E-state index contributed by atoms with van der Waals surface area (Å²) in [5.41, 5.74) is -1.38. The molecule has 0 spiro atoms. The number of hydrogen-bond donors (Lipinski definition) is 2. The van der Waals surface area contributed by atoms with Crippen molar-refractivity contribution in [2.24, 2.45) is 5.92 Å². The summed E-state index contributed by atoms with van der Waals surface area (Å²) >= 11 is 0. The molecule has 162 valence electrons. The van der Waals surface area contributed by atoms with Crippen LogP contribution in [0.5, 0.6) is 0 Å². The number of amides is 2. The average molecular weight is 417 g/mol. The first-order valence-electron chi connectivity index (χ1n) is 9.77. The Morgan fingerprint density at radius 1 is 1.14 bits per heavy atom. The smallest absolute Gasteiger partial charge is 0.355 e. The second kappa shape index (κ2) is 10.6. The van der Waals surface area contributed by atoms with Crippen LogP contribution in [0.2, 0.25) is 0 Å². The fourth-order valence-electron chi connectivity index (χ4n) is 3.30. The molecule has 0 bridgehead atoms. The van der Waals surface area contributed by atoms with Crippen LogP contribution in [0.3, 0.4) is 0 Å². The van der Waals surface area contributed by atoms with Gasteiger partial charge in [0.1, 0.15) is 6.67 Å². The maximum absolute atomic E-state index is 12.9. The highest BCUT2D eigenvalue weighted by atomic mass is 19.4. The number of rotatable bonds is 8. The van der Waals surface area contributed by atoms with Crippen LogP contribution < -0.4 is 10.6 Å². The molecule has 5 nitrogen and oxygen atoms in total. The van der Waals surface area contributed by atoms with Gasteiger partial charge in [-0.1, -0.05) is 6.92 Å². The Balaban J connectivity index is 1.81. The zero-order chi connectivity index (χ0) is 21.4. The molecule has 1 aliphatic rings. The van der Waals surface area contributed by atoms with Crippen molar-refractivity contribution < 1.29 is 27.2 Å². The third-order valence-electron chi connectivity index (χ3n) is 5.07. The van der Waals surface area contributed by atoms with E-state index in [1.54, 1.807) is 6.92 Å². The highest BCUT2D eigenvalue weighted by Gasteiger charge is 2.32. The van der Waals surface area contributed by atoms with Crippen molar-refractivity contribution in [2.75, 3.05) is 32.7 Å². The summed E-state index contributed by atoms with van der Waals surface area (Å²) in [4.78, 5) is 25.7. The molecule has 9 heteroatoms. The van der Waals surface area contributed by atoms with E-state index in [-0.39, 0.29) is 23.0 Å². The minimum absolute atomic E-state index is 0.0214. The standard InChI is InChI=1S/C20H27F4N3O2/c1-2-18(28)25-5-8-27-6-3-14(4-7-27)13-26-19(29)16-9-15(12-21)10-17(11-16)20(22,23)24/h9-11,14H,2-8,12-13H2,1H3,(H,25,28)(H,26,29). The molecule has 2 N–H and O–H groups in total. The van der Waals surface area contributed by atoms with E-state index >= 15 is 0 Å². The van der Waals surface area contributed by atoms with Crippen molar-refractivity contribution in [1.82, 2.24) is 15.5 Å². The van der Waals surface area contributed by atoms with Crippen molar-refractivity contribution in [3.8, 4) is 0 Å². The van der Waals surface area contributed by atoms with Crippen LogP contribution in [0, 0.1) is 5.92 Å². The molecule has 0 radical (unpaired) electrons. The summed E-state index contributed by atoms with van der Waals surface area (Å²) in [7, 11) is 0. The van der Waals surface area contributed by atoms with Gasteiger partial charge in [0, 0.05) is 31.6 Å². The molecule has 0 atom stereocenters. The number of hydrogen-bond acceptors (Lipinski definition) is 3. The number of benzene rings is 1. The van der Waals surface area contributed by atoms with Gasteiger partial charge in [-0.25, -0.2) is 4.39 Å². The summed E-state index contributed by atoms with van der Waals surface area (Å²) < 4.78 is 51.7. The zero-order valence-corrected chi connectivity index (χ0v) is 16.4. The Morgan fingerprint density at radius 2 is 1.83 bits per heavy atom. The van der Waals surface area contributed by atoms with Gasteiger partial charge in [-0.15, -0.1) is 0 Å². The van der Waals surface area contributed by atoms with Crippen LogP contribution >= 0.6 is 0 Å². The first-order valence-corrected chi connectivity index (χ1v) is 9.77. The molecule has 0 aliphatic carbocycles. The van der Waals surface area contributed by atoms with Crippen molar-refractivity contribution in [3.63, 3.8) is 0 Å². The molecule has 1 heterocycles. The predicted octanol–water partition coefficient (Wildman–Crippen LogP) is 3.14. The topological polar surface area (TPSA) is 61.4 Å². The van der Waals surface area contributed by atoms with Crippen LogP contribution in [0.1, 0.15) is 47.7 Å². The molecule has 29 heavy (non-hydrogen) atoms. The van der Waals surface area contributed by atoms with E-state index in [1.807, 2.05) is 0 Å². The zero-order valence-electron chi connectivity index (χ0n) is 16.4. The molecule has 1 fully saturated rings. The molecular weight excluding hydrogens is 390 g/mol. The normalized spacial score (nSPS) is 15.9. The van der Waals surface area contributed by atoms with E-state index < -0.39 is 24.3 Å². The molecule has 1 saturated heterocycles. The fraction of sp³-hybridized carbons (Fsp3) is 0.600. The van der Waals surface area contributed by atoms with Gasteiger partial charge in [0.25, 0.3) is 5.91 Å². The Kier molecular flexibility index (Phi) is 8.43. The Morgan fingerprint density at radius 3 is 2.41 bits per heavy atom. The minimum Gasteiger partial charge on any atom is -0.355 e. The van der Waals surface area contributed by atoms with E-state index in [9.17, 15) is 27.2 Å². The summed E-state index contributed by atoms with van der Waals surface area (Å²) in [6.07, 6.45) is -2.48. The van der Waals surface area contributed by atoms with Gasteiger partial charge in [0.05, 0.1) is 5.56 Å². The van der Waals surface area contributed by atoms with E-state index in [0.717, 1.165) is 50.7 Å². The van der Waals surface area contributed by atoms with E-state index in [2.05, 4.69) is 15.5 Å². The van der Waals surface area contributed by atoms with E-state index in [1.165, 1.54) is 0 Å². The Hall–Kier alpha value is -2.16. The van der Waals surface area contributed by atoms with Crippen molar-refractivity contribution in [2.45, 2.75) is 39.0 Å². The lowest BCUT2D eigenvalue weighted by Gasteiger charge is -2.32. The third-order valence-corrected chi connectivity index (χ3v) is 5.07. The van der Waals surface area contributed by atoms with Gasteiger partial charge < -0.3 is 15.5 Å². The Labute approximate surface area is 167 Å². The number of halogens is 4. The van der Waals surface area contributed by atoms with Crippen LogP contribution in [0.25, 0.3) is 0 Å². The lowest BCUT2D eigenvalue weighted by Crippen LogP contribution is -2.41. The number of piperidine rings is 1. The van der Waals surface area contributed by atoms with Crippen molar-refractivity contribution in [3.05, 3.63) is 34.9 Å². The number of alkyl halides is 4. The second-order valence-corrected chi connectivity index (χ2v) is 7.25. The fourth-order valence-corrected chi connectivity index (χ4v) is 3.30. The first-order chi connectivity index (χ1) is 13.7. The van der Waals surface area contributed by atoms with Gasteiger partial charge in [0.2, 0.25) is 5.91 Å². The molecule has 1 aliphatic heterocycles. The summed E-state index contributed by atoms with van der Waals surface area (Å²) in [6, 6.07) is 2.62. The van der Waals surface area contributed by atoms with Crippen molar-refractivity contribution in [1.29, 1.82) is 0 Å². The van der Waals surface area contributed by atoms with Gasteiger partial charge in [-0.05, 0) is 55.6 Å². The summed E-state index contributed by atoms with van der Waals surface area (Å²) in [6.45, 7) is 4.12. The lowest BCUT2D eigenvalue weighted by atomic mass is 9.96. The Bertz CT molecular complexity index is 701. The van der Waals surface area contributed by atoms with E-state index in [0.29, 0.717) is 19.5 Å². The number of nitrogens with zero attached hydrogens (tertiary/aromatic N) is 1. The van der Waals surface area contributed by atoms with Crippen LogP contribution in [-0.4, -0.2) is 49.4 Å². The molecule has 2 rings (SSSR count). The number of carbonyl (C=O) groups is 2. The van der Waals surface area contributed by atoms with Crippen LogP contribution in [-0.2, 0) is 17.6 Å². The van der Waals surface area contributed by atoms with Crippen molar-refractivity contribution >= 4 is 11.8 Å². The highest BCUT2D eigenvalue weighted by molar-refractivity contribution is 5.94. The number of carbonyl (C=O) groups excluding carboxylic acids is 2. The molecule has 0 unspecified atom stereocenters. The quantitative estimate of drug-likeness (QED) is 0.639. The first kappa shape index (κ1) is 23.1. The maximum atomic E-state index is 12.9. The molecule has 1 aromatic rings. The third kappa shape index (κ3) is 7.30. The van der Waals surface area contributed by atoms with Crippen LogP contribution in [0.15, 0.2) is 18.2 Å². The van der Waals surface area contributed by atoms with E-state index in [4.69, 9.17) is 0 Å². The maximum Gasteiger partial charge on any atom is 0.416 e. The van der Waals surface area contributed by atoms with Gasteiger partial charge in [-0.2, -0.15) is 13.2 Å². The van der Waals surface area contributed by atoms with Crippen LogP contribution in [0.4, 0.5) is 17.6 Å². The number of likely N-dealkylation sites (tertiary alicyclic amines) is 1. The SMILES string of the molecule is CCC(=O)NCCN1CCC(CNC(=O)c2cc(CF)cc(C(F)(F)F)c2)CC1. The van der Waals surface area contributed by atoms with Gasteiger partial charge in [0.15, 0.2) is 0 Å². The minimum atomic E-state index is -4.64. The monoisotopic (exact) mass is 417 g/mol. The van der Waals surface area contributed by atoms with Gasteiger partial charge in [-0.3, -0.25) is 9.59 Å². The average Bonchev–Trinajstić information content (AvgIpc) is 2.71. The molecule has 0 aromatic heterocycles. The molecule has 1 aromatic carbocycles. The summed E-state index contributed by atoms with van der Waals surface area (Å²) in [5.74, 6) is -0.379. The summed E-state index contributed by atoms with van der Waals surface area (Å²) in [5, 5.41) is 5.50. The lowest BCUT2D eigenvalue weighted by molar-refractivity contribution is -0.137.